The predicted molar refractivity (Wildman–Crippen MR) is 78.6 cm³/mol. The average molecular weight is 293 g/mol. The lowest BCUT2D eigenvalue weighted by atomic mass is 10.1. The maximum Gasteiger partial charge on any atom is 0.271 e. The molecule has 106 valence electrons. The molecule has 1 amide bonds. The molecular weight excluding hydrogens is 276 g/mol. The first kappa shape index (κ1) is 14.6. The summed E-state index contributed by atoms with van der Waals surface area (Å²) in [6.45, 7) is 3.03. The molecule has 0 spiro atoms. The van der Waals surface area contributed by atoms with Crippen molar-refractivity contribution in [1.82, 2.24) is 14.9 Å². The van der Waals surface area contributed by atoms with Gasteiger partial charge in [0.1, 0.15) is 5.69 Å². The van der Waals surface area contributed by atoms with E-state index in [-0.39, 0.29) is 11.9 Å². The normalized spacial score (nSPS) is 12.2. The molecule has 3 N–H and O–H groups in total. The highest BCUT2D eigenvalue weighted by molar-refractivity contribution is 6.31. The first-order valence-corrected chi connectivity index (χ1v) is 6.76. The lowest BCUT2D eigenvalue weighted by Gasteiger charge is -2.14. The largest absolute Gasteiger partial charge is 0.344 e. The van der Waals surface area contributed by atoms with Gasteiger partial charge in [-0.2, -0.15) is 0 Å². The molecule has 1 aromatic carbocycles. The zero-order valence-electron chi connectivity index (χ0n) is 11.2. The smallest absolute Gasteiger partial charge is 0.271 e. The van der Waals surface area contributed by atoms with E-state index in [1.165, 1.54) is 0 Å². The predicted octanol–water partition coefficient (Wildman–Crippen LogP) is 1.99. The van der Waals surface area contributed by atoms with Gasteiger partial charge in [-0.1, -0.05) is 29.8 Å². The molecule has 6 heteroatoms. The van der Waals surface area contributed by atoms with Crippen LogP contribution in [0.2, 0.25) is 5.02 Å². The van der Waals surface area contributed by atoms with E-state index in [1.54, 1.807) is 23.2 Å². The van der Waals surface area contributed by atoms with Crippen molar-refractivity contribution in [3.63, 3.8) is 0 Å². The van der Waals surface area contributed by atoms with Gasteiger partial charge in [-0.15, -0.1) is 0 Å². The Hall–Kier alpha value is -1.85. The third kappa shape index (κ3) is 3.37. The number of nitrogens with two attached hydrogens (primary N) is 1. The molecule has 20 heavy (non-hydrogen) atoms. The topological polar surface area (TPSA) is 72.9 Å². The van der Waals surface area contributed by atoms with Crippen LogP contribution in [0.1, 0.15) is 29.0 Å². The van der Waals surface area contributed by atoms with E-state index in [2.05, 4.69) is 10.3 Å². The summed E-state index contributed by atoms with van der Waals surface area (Å²) in [5, 5.41) is 3.51. The van der Waals surface area contributed by atoms with E-state index in [0.29, 0.717) is 23.8 Å². The summed E-state index contributed by atoms with van der Waals surface area (Å²) in [6, 6.07) is 7.25. The molecule has 0 radical (unpaired) electrons. The number of halogens is 1. The monoisotopic (exact) mass is 292 g/mol. The van der Waals surface area contributed by atoms with Crippen molar-refractivity contribution in [2.24, 2.45) is 5.73 Å². The number of nitrogens with one attached hydrogen (secondary N) is 1. The van der Waals surface area contributed by atoms with Crippen LogP contribution in [0, 0.1) is 0 Å². The fourth-order valence-corrected chi connectivity index (χ4v) is 2.22. The summed E-state index contributed by atoms with van der Waals surface area (Å²) in [5.74, 6) is -0.229. The van der Waals surface area contributed by atoms with Gasteiger partial charge in [0, 0.05) is 24.3 Å². The van der Waals surface area contributed by atoms with Gasteiger partial charge >= 0.3 is 0 Å². The fraction of sp³-hybridized carbons (Fsp3) is 0.286. The number of hydrogen-bond donors (Lipinski definition) is 2. The minimum atomic E-state index is -0.229. The Kier molecular flexibility index (Phi) is 4.76. The highest BCUT2D eigenvalue weighted by Gasteiger charge is 2.15. The van der Waals surface area contributed by atoms with Gasteiger partial charge in [-0.05, 0) is 18.6 Å². The van der Waals surface area contributed by atoms with Crippen molar-refractivity contribution in [2.45, 2.75) is 19.5 Å². The molecule has 0 aliphatic heterocycles. The standard InChI is InChI=1S/C14H17ClN4O/c1-10(11-4-2-3-5-12(11)15)18-14(20)13-8-19(7-6-16)9-17-13/h2-5,8-10H,6-7,16H2,1H3,(H,18,20)/t10-/m1/s1. The molecule has 0 saturated carbocycles. The number of carbonyl (C=O) groups is 1. The van der Waals surface area contributed by atoms with Gasteiger partial charge in [-0.25, -0.2) is 4.98 Å². The Labute approximate surface area is 122 Å². The molecule has 0 fully saturated rings. The Morgan fingerprint density at radius 1 is 1.50 bits per heavy atom. The van der Waals surface area contributed by atoms with Crippen molar-refractivity contribution < 1.29 is 4.79 Å². The molecule has 1 atom stereocenters. The second-order valence-electron chi connectivity index (χ2n) is 4.50. The molecule has 1 aromatic heterocycles. The van der Waals surface area contributed by atoms with Gasteiger partial charge in [0.2, 0.25) is 0 Å². The van der Waals surface area contributed by atoms with Crippen LogP contribution in [-0.2, 0) is 6.54 Å². The first-order valence-electron chi connectivity index (χ1n) is 6.39. The summed E-state index contributed by atoms with van der Waals surface area (Å²) < 4.78 is 1.79. The second-order valence-corrected chi connectivity index (χ2v) is 4.91. The van der Waals surface area contributed by atoms with Crippen molar-refractivity contribution in [3.05, 3.63) is 53.1 Å². The quantitative estimate of drug-likeness (QED) is 0.885. The molecule has 0 bridgehead atoms. The summed E-state index contributed by atoms with van der Waals surface area (Å²) in [6.07, 6.45) is 3.28. The number of imidazole rings is 1. The van der Waals surface area contributed by atoms with Crippen LogP contribution in [0.25, 0.3) is 0 Å². The number of nitrogens with zero attached hydrogens (tertiary/aromatic N) is 2. The second kappa shape index (κ2) is 6.54. The zero-order valence-corrected chi connectivity index (χ0v) is 12.0. The first-order chi connectivity index (χ1) is 9.61. The van der Waals surface area contributed by atoms with Gasteiger partial charge in [-0.3, -0.25) is 4.79 Å². The van der Waals surface area contributed by atoms with Crippen LogP contribution in [0.5, 0.6) is 0 Å². The summed E-state index contributed by atoms with van der Waals surface area (Å²) in [4.78, 5) is 16.2. The van der Waals surface area contributed by atoms with E-state index in [0.717, 1.165) is 5.56 Å². The minimum Gasteiger partial charge on any atom is -0.344 e. The molecule has 0 unspecified atom stereocenters. The third-order valence-electron chi connectivity index (χ3n) is 2.97. The molecule has 5 nitrogen and oxygen atoms in total. The number of rotatable bonds is 5. The summed E-state index contributed by atoms with van der Waals surface area (Å²) >= 11 is 6.11. The van der Waals surface area contributed by atoms with Gasteiger partial charge < -0.3 is 15.6 Å². The van der Waals surface area contributed by atoms with Crippen LogP contribution in [0.3, 0.4) is 0 Å². The van der Waals surface area contributed by atoms with Crippen LogP contribution < -0.4 is 11.1 Å². The SMILES string of the molecule is C[C@@H](NC(=O)c1cn(CCN)cn1)c1ccccc1Cl. The number of carbonyl (C=O) groups excluding carboxylic acids is 1. The van der Waals surface area contributed by atoms with E-state index in [9.17, 15) is 4.79 Å². The van der Waals surface area contributed by atoms with Crippen molar-refractivity contribution in [1.29, 1.82) is 0 Å². The Morgan fingerprint density at radius 3 is 2.95 bits per heavy atom. The maximum atomic E-state index is 12.1. The highest BCUT2D eigenvalue weighted by Crippen LogP contribution is 2.22. The van der Waals surface area contributed by atoms with Gasteiger partial charge in [0.15, 0.2) is 0 Å². The van der Waals surface area contributed by atoms with Crippen LogP contribution in [0.4, 0.5) is 0 Å². The molecule has 0 aliphatic rings. The fourth-order valence-electron chi connectivity index (χ4n) is 1.92. The van der Waals surface area contributed by atoms with E-state index in [1.807, 2.05) is 25.1 Å². The van der Waals surface area contributed by atoms with Crippen LogP contribution >= 0.6 is 11.6 Å². The van der Waals surface area contributed by atoms with Crippen molar-refractivity contribution in [3.8, 4) is 0 Å². The number of aromatic nitrogens is 2. The summed E-state index contributed by atoms with van der Waals surface area (Å²) in [7, 11) is 0. The Balaban J connectivity index is 2.05. The van der Waals surface area contributed by atoms with E-state index >= 15 is 0 Å². The Bertz CT molecular complexity index is 596. The highest BCUT2D eigenvalue weighted by atomic mass is 35.5. The maximum absolute atomic E-state index is 12.1. The van der Waals surface area contributed by atoms with Crippen LogP contribution in [0.15, 0.2) is 36.8 Å². The lowest BCUT2D eigenvalue weighted by Crippen LogP contribution is -2.27. The zero-order chi connectivity index (χ0) is 14.5. The lowest BCUT2D eigenvalue weighted by molar-refractivity contribution is 0.0935. The Morgan fingerprint density at radius 2 is 2.25 bits per heavy atom. The number of amides is 1. The van der Waals surface area contributed by atoms with Gasteiger partial charge in [0.05, 0.1) is 12.4 Å². The van der Waals surface area contributed by atoms with E-state index in [4.69, 9.17) is 17.3 Å². The minimum absolute atomic E-state index is 0.184. The van der Waals surface area contributed by atoms with Gasteiger partial charge in [0.25, 0.3) is 5.91 Å². The molecule has 2 rings (SSSR count). The average Bonchev–Trinajstić information content (AvgIpc) is 2.88. The van der Waals surface area contributed by atoms with Crippen molar-refractivity contribution >= 4 is 17.5 Å². The third-order valence-corrected chi connectivity index (χ3v) is 3.32. The van der Waals surface area contributed by atoms with Crippen molar-refractivity contribution in [2.75, 3.05) is 6.54 Å². The molecule has 0 saturated heterocycles. The molecular formula is C14H17ClN4O. The summed E-state index contributed by atoms with van der Waals surface area (Å²) in [5.41, 5.74) is 6.71. The van der Waals surface area contributed by atoms with E-state index < -0.39 is 0 Å². The number of hydrogen-bond acceptors (Lipinski definition) is 3. The number of benzene rings is 1. The van der Waals surface area contributed by atoms with Crippen LogP contribution in [-0.4, -0.2) is 22.0 Å². The molecule has 0 aliphatic carbocycles. The molecule has 1 heterocycles. The molecule has 2 aromatic rings.